The summed E-state index contributed by atoms with van der Waals surface area (Å²) in [5.41, 5.74) is 0. The highest BCUT2D eigenvalue weighted by Gasteiger charge is 2.24. The minimum atomic E-state index is -3.32. The van der Waals surface area contributed by atoms with Crippen molar-refractivity contribution in [1.29, 1.82) is 0 Å². The standard InChI is InChI=1S/C10H21O4P/c1-4-7-8-9-10-14-15(11,12-5-2)13-6-3/h8-9H,4-7,10H2,1-3H3/b9-8-. The number of allylic oxidation sites excluding steroid dienone is 1. The van der Waals surface area contributed by atoms with Gasteiger partial charge in [-0.15, -0.1) is 0 Å². The van der Waals surface area contributed by atoms with Crippen molar-refractivity contribution in [3.8, 4) is 0 Å². The summed E-state index contributed by atoms with van der Waals surface area (Å²) < 4.78 is 26.7. The molecular formula is C10H21O4P. The van der Waals surface area contributed by atoms with E-state index in [4.69, 9.17) is 13.6 Å². The van der Waals surface area contributed by atoms with E-state index in [1.807, 2.05) is 12.2 Å². The van der Waals surface area contributed by atoms with E-state index >= 15 is 0 Å². The summed E-state index contributed by atoms with van der Waals surface area (Å²) in [4.78, 5) is 0. The lowest BCUT2D eigenvalue weighted by molar-refractivity contribution is 0.131. The van der Waals surface area contributed by atoms with Gasteiger partial charge in [-0.25, -0.2) is 4.57 Å². The molecule has 0 spiro atoms. The highest BCUT2D eigenvalue weighted by molar-refractivity contribution is 7.48. The van der Waals surface area contributed by atoms with Crippen LogP contribution in [0, 0.1) is 0 Å². The Morgan fingerprint density at radius 3 is 2.07 bits per heavy atom. The molecular weight excluding hydrogens is 215 g/mol. The second-order valence-electron chi connectivity index (χ2n) is 2.84. The predicted octanol–water partition coefficient (Wildman–Crippen LogP) is 3.54. The maximum Gasteiger partial charge on any atom is 0.475 e. The van der Waals surface area contributed by atoms with Gasteiger partial charge in [0.1, 0.15) is 0 Å². The molecule has 0 unspecified atom stereocenters. The number of hydrogen-bond acceptors (Lipinski definition) is 4. The number of phosphoric acid groups is 1. The molecule has 0 amide bonds. The number of hydrogen-bond donors (Lipinski definition) is 0. The molecule has 0 saturated heterocycles. The first-order valence-corrected chi connectivity index (χ1v) is 6.83. The van der Waals surface area contributed by atoms with Crippen LogP contribution in [0.1, 0.15) is 33.6 Å². The fourth-order valence-corrected chi connectivity index (χ4v) is 2.04. The topological polar surface area (TPSA) is 44.8 Å². The van der Waals surface area contributed by atoms with E-state index in [0.29, 0.717) is 13.2 Å². The maximum atomic E-state index is 11.7. The lowest BCUT2D eigenvalue weighted by Gasteiger charge is -2.14. The van der Waals surface area contributed by atoms with Crippen LogP contribution in [0.5, 0.6) is 0 Å². The summed E-state index contributed by atoms with van der Waals surface area (Å²) in [6.45, 7) is 6.49. The average Bonchev–Trinajstić information content (AvgIpc) is 2.18. The Morgan fingerprint density at radius 2 is 1.60 bits per heavy atom. The molecule has 0 N–H and O–H groups in total. The Hall–Kier alpha value is -0.150. The number of unbranched alkanes of at least 4 members (excludes halogenated alkanes) is 1. The van der Waals surface area contributed by atoms with E-state index in [-0.39, 0.29) is 6.61 Å². The summed E-state index contributed by atoms with van der Waals surface area (Å²) in [6, 6.07) is 0. The van der Waals surface area contributed by atoms with E-state index in [2.05, 4.69) is 6.92 Å². The molecule has 0 rings (SSSR count). The van der Waals surface area contributed by atoms with Crippen molar-refractivity contribution in [1.82, 2.24) is 0 Å². The molecule has 4 nitrogen and oxygen atoms in total. The molecule has 5 heteroatoms. The Balaban J connectivity index is 3.90. The zero-order valence-electron chi connectivity index (χ0n) is 9.77. The summed E-state index contributed by atoms with van der Waals surface area (Å²) in [7, 11) is -3.32. The van der Waals surface area contributed by atoms with Crippen LogP contribution in [0.2, 0.25) is 0 Å². The van der Waals surface area contributed by atoms with Crippen molar-refractivity contribution in [2.24, 2.45) is 0 Å². The van der Waals surface area contributed by atoms with Crippen molar-refractivity contribution in [3.05, 3.63) is 12.2 Å². The molecule has 15 heavy (non-hydrogen) atoms. The number of phosphoric ester groups is 1. The predicted molar refractivity (Wildman–Crippen MR) is 60.9 cm³/mol. The highest BCUT2D eigenvalue weighted by atomic mass is 31.2. The molecule has 0 atom stereocenters. The van der Waals surface area contributed by atoms with Crippen LogP contribution in [0.3, 0.4) is 0 Å². The largest absolute Gasteiger partial charge is 0.475 e. The molecule has 0 aliphatic rings. The third-order valence-corrected chi connectivity index (χ3v) is 3.14. The third-order valence-electron chi connectivity index (χ3n) is 1.53. The van der Waals surface area contributed by atoms with Gasteiger partial charge >= 0.3 is 7.82 Å². The Morgan fingerprint density at radius 1 is 1.00 bits per heavy atom. The fourth-order valence-electron chi connectivity index (χ4n) is 0.915. The van der Waals surface area contributed by atoms with E-state index < -0.39 is 7.82 Å². The molecule has 0 radical (unpaired) electrons. The molecule has 0 heterocycles. The van der Waals surface area contributed by atoms with Crippen LogP contribution in [0.4, 0.5) is 0 Å². The first-order valence-electron chi connectivity index (χ1n) is 5.37. The normalized spacial score (nSPS) is 12.5. The minimum absolute atomic E-state index is 0.261. The van der Waals surface area contributed by atoms with Gasteiger partial charge in [-0.3, -0.25) is 13.6 Å². The van der Waals surface area contributed by atoms with Gasteiger partial charge in [-0.1, -0.05) is 25.5 Å². The highest BCUT2D eigenvalue weighted by Crippen LogP contribution is 2.48. The maximum absolute atomic E-state index is 11.7. The second kappa shape index (κ2) is 9.10. The van der Waals surface area contributed by atoms with E-state index in [9.17, 15) is 4.57 Å². The summed E-state index contributed by atoms with van der Waals surface area (Å²) in [5.74, 6) is 0. The average molecular weight is 236 g/mol. The summed E-state index contributed by atoms with van der Waals surface area (Å²) >= 11 is 0. The van der Waals surface area contributed by atoms with E-state index in [0.717, 1.165) is 12.8 Å². The lowest BCUT2D eigenvalue weighted by atomic mass is 10.3. The Kier molecular flexibility index (Phi) is 9.01. The third kappa shape index (κ3) is 7.74. The van der Waals surface area contributed by atoms with Gasteiger partial charge in [0.15, 0.2) is 0 Å². The van der Waals surface area contributed by atoms with Crippen LogP contribution < -0.4 is 0 Å². The summed E-state index contributed by atoms with van der Waals surface area (Å²) in [6.07, 6.45) is 5.90. The molecule has 0 aromatic heterocycles. The van der Waals surface area contributed by atoms with E-state index in [1.165, 1.54) is 0 Å². The SMILES string of the molecule is CCC/C=C\COP(=O)(OCC)OCC. The smallest absolute Gasteiger partial charge is 0.287 e. The van der Waals surface area contributed by atoms with Crippen LogP contribution in [-0.4, -0.2) is 19.8 Å². The van der Waals surface area contributed by atoms with Gasteiger partial charge in [-0.05, 0) is 20.3 Å². The van der Waals surface area contributed by atoms with Crippen molar-refractivity contribution in [2.75, 3.05) is 19.8 Å². The lowest BCUT2D eigenvalue weighted by Crippen LogP contribution is -2.00. The van der Waals surface area contributed by atoms with Gasteiger partial charge in [0.05, 0.1) is 19.8 Å². The fraction of sp³-hybridized carbons (Fsp3) is 0.800. The summed E-state index contributed by atoms with van der Waals surface area (Å²) in [5, 5.41) is 0. The van der Waals surface area contributed by atoms with Crippen LogP contribution in [-0.2, 0) is 18.1 Å². The van der Waals surface area contributed by atoms with Gasteiger partial charge in [-0.2, -0.15) is 0 Å². The molecule has 0 aromatic rings. The molecule has 0 aliphatic heterocycles. The number of rotatable bonds is 9. The zero-order valence-corrected chi connectivity index (χ0v) is 10.7. The van der Waals surface area contributed by atoms with Gasteiger partial charge < -0.3 is 0 Å². The first-order chi connectivity index (χ1) is 7.18. The Bertz CT molecular complexity index is 205. The minimum Gasteiger partial charge on any atom is -0.287 e. The van der Waals surface area contributed by atoms with Crippen molar-refractivity contribution in [2.45, 2.75) is 33.6 Å². The molecule has 0 aromatic carbocycles. The molecule has 0 fully saturated rings. The second-order valence-corrected chi connectivity index (χ2v) is 4.51. The van der Waals surface area contributed by atoms with Crippen LogP contribution in [0.25, 0.3) is 0 Å². The molecule has 0 aliphatic carbocycles. The molecule has 0 saturated carbocycles. The molecule has 90 valence electrons. The Labute approximate surface area is 92.2 Å². The first kappa shape index (κ1) is 14.8. The van der Waals surface area contributed by atoms with Crippen LogP contribution in [0.15, 0.2) is 12.2 Å². The quantitative estimate of drug-likeness (QED) is 0.453. The molecule has 0 bridgehead atoms. The van der Waals surface area contributed by atoms with Gasteiger partial charge in [0.25, 0.3) is 0 Å². The van der Waals surface area contributed by atoms with Gasteiger partial charge in [0, 0.05) is 0 Å². The van der Waals surface area contributed by atoms with Crippen molar-refractivity contribution >= 4 is 7.82 Å². The van der Waals surface area contributed by atoms with Gasteiger partial charge in [0.2, 0.25) is 0 Å². The monoisotopic (exact) mass is 236 g/mol. The van der Waals surface area contributed by atoms with Crippen molar-refractivity contribution < 1.29 is 18.1 Å². The van der Waals surface area contributed by atoms with Crippen molar-refractivity contribution in [3.63, 3.8) is 0 Å². The van der Waals surface area contributed by atoms with Crippen LogP contribution >= 0.6 is 7.82 Å². The zero-order chi connectivity index (χ0) is 11.6. The van der Waals surface area contributed by atoms with E-state index in [1.54, 1.807) is 13.8 Å².